The molecule has 2 aromatic carbocycles. The molecule has 0 spiro atoms. The quantitative estimate of drug-likeness (QED) is 0.839. The number of hydrogen-bond donors (Lipinski definition) is 2. The molecule has 0 unspecified atom stereocenters. The Morgan fingerprint density at radius 1 is 1.10 bits per heavy atom. The van der Waals surface area contributed by atoms with E-state index in [4.69, 9.17) is 10.5 Å². The van der Waals surface area contributed by atoms with Gasteiger partial charge in [0.1, 0.15) is 17.1 Å². The fraction of sp³-hybridized carbons (Fsp3) is 0.188. The van der Waals surface area contributed by atoms with Crippen LogP contribution >= 0.6 is 0 Å². The van der Waals surface area contributed by atoms with Crippen molar-refractivity contribution in [1.29, 1.82) is 0 Å². The third kappa shape index (κ3) is 2.32. The van der Waals surface area contributed by atoms with E-state index in [2.05, 4.69) is 6.07 Å². The lowest BCUT2D eigenvalue weighted by atomic mass is 10.1. The molecule has 3 rings (SSSR count). The van der Waals surface area contributed by atoms with Crippen LogP contribution in [0.25, 0.3) is 0 Å². The van der Waals surface area contributed by atoms with Crippen LogP contribution in [0.1, 0.15) is 27.9 Å². The van der Waals surface area contributed by atoms with E-state index in [1.54, 1.807) is 12.1 Å². The Bertz CT molecular complexity index is 679. The average Bonchev–Trinajstić information content (AvgIpc) is 2.88. The molecule has 20 heavy (non-hydrogen) atoms. The van der Waals surface area contributed by atoms with E-state index >= 15 is 0 Å². The van der Waals surface area contributed by atoms with Gasteiger partial charge in [-0.1, -0.05) is 6.07 Å². The van der Waals surface area contributed by atoms with Gasteiger partial charge in [0, 0.05) is 5.69 Å². The molecular formula is C16H15NO3. The van der Waals surface area contributed by atoms with Crippen molar-refractivity contribution in [3.8, 4) is 11.5 Å². The lowest BCUT2D eigenvalue weighted by Crippen LogP contribution is -2.01. The summed E-state index contributed by atoms with van der Waals surface area (Å²) in [6.07, 6.45) is 3.33. The topological polar surface area (TPSA) is 72.5 Å². The number of carbonyl (C=O) groups is 1. The van der Waals surface area contributed by atoms with Crippen LogP contribution < -0.4 is 10.5 Å². The molecule has 3 N–H and O–H groups in total. The summed E-state index contributed by atoms with van der Waals surface area (Å²) in [4.78, 5) is 11.2. The molecular weight excluding hydrogens is 254 g/mol. The smallest absolute Gasteiger partial charge is 0.339 e. The van der Waals surface area contributed by atoms with Gasteiger partial charge in [-0.15, -0.1) is 0 Å². The molecule has 0 radical (unpaired) electrons. The standard InChI is InChI=1S/C16H15NO3/c17-12-5-7-15(14(9-12)16(18)19)20-13-6-4-10-2-1-3-11(10)8-13/h4-9H,1-3,17H2,(H,18,19). The zero-order chi connectivity index (χ0) is 14.1. The maximum Gasteiger partial charge on any atom is 0.339 e. The van der Waals surface area contributed by atoms with Gasteiger partial charge < -0.3 is 15.6 Å². The van der Waals surface area contributed by atoms with Crippen LogP contribution in [0.3, 0.4) is 0 Å². The van der Waals surface area contributed by atoms with E-state index in [0.29, 0.717) is 17.2 Å². The van der Waals surface area contributed by atoms with Gasteiger partial charge in [0.2, 0.25) is 0 Å². The van der Waals surface area contributed by atoms with E-state index in [-0.39, 0.29) is 5.56 Å². The summed E-state index contributed by atoms with van der Waals surface area (Å²) in [5.41, 5.74) is 8.74. The minimum Gasteiger partial charge on any atom is -0.478 e. The summed E-state index contributed by atoms with van der Waals surface area (Å²) < 4.78 is 5.71. The lowest BCUT2D eigenvalue weighted by molar-refractivity contribution is 0.0694. The van der Waals surface area contributed by atoms with E-state index in [1.165, 1.54) is 23.6 Å². The highest BCUT2D eigenvalue weighted by atomic mass is 16.5. The maximum atomic E-state index is 11.2. The van der Waals surface area contributed by atoms with Crippen molar-refractivity contribution in [2.75, 3.05) is 5.73 Å². The third-order valence-electron chi connectivity index (χ3n) is 3.53. The number of carboxylic acid groups (broad SMARTS) is 1. The van der Waals surface area contributed by atoms with Gasteiger partial charge in [0.25, 0.3) is 0 Å². The number of aryl methyl sites for hydroxylation is 2. The molecule has 0 atom stereocenters. The first kappa shape index (κ1) is 12.5. The van der Waals surface area contributed by atoms with Crippen LogP contribution in [-0.2, 0) is 12.8 Å². The minimum atomic E-state index is -1.05. The summed E-state index contributed by atoms with van der Waals surface area (Å²) in [6, 6.07) is 10.6. The first-order chi connectivity index (χ1) is 9.63. The predicted octanol–water partition coefficient (Wildman–Crippen LogP) is 3.25. The molecule has 102 valence electrons. The molecule has 4 nitrogen and oxygen atoms in total. The number of rotatable bonds is 3. The zero-order valence-corrected chi connectivity index (χ0v) is 10.9. The molecule has 0 saturated carbocycles. The largest absolute Gasteiger partial charge is 0.478 e. The minimum absolute atomic E-state index is 0.0745. The number of ether oxygens (including phenoxy) is 1. The summed E-state index contributed by atoms with van der Waals surface area (Å²) in [5, 5.41) is 9.19. The van der Waals surface area contributed by atoms with Gasteiger partial charge in [-0.3, -0.25) is 0 Å². The van der Waals surface area contributed by atoms with Crippen molar-refractivity contribution in [1.82, 2.24) is 0 Å². The van der Waals surface area contributed by atoms with Crippen LogP contribution in [0, 0.1) is 0 Å². The Morgan fingerprint density at radius 3 is 2.70 bits per heavy atom. The summed E-state index contributed by atoms with van der Waals surface area (Å²) in [6.45, 7) is 0. The van der Waals surface area contributed by atoms with E-state index in [1.807, 2.05) is 12.1 Å². The van der Waals surface area contributed by atoms with Crippen LogP contribution in [0.4, 0.5) is 5.69 Å². The van der Waals surface area contributed by atoms with Crippen LogP contribution in [-0.4, -0.2) is 11.1 Å². The van der Waals surface area contributed by atoms with Crippen molar-refractivity contribution in [3.05, 3.63) is 53.1 Å². The van der Waals surface area contributed by atoms with Crippen LogP contribution in [0.15, 0.2) is 36.4 Å². The number of carboxylic acids is 1. The molecule has 1 aliphatic carbocycles. The molecule has 0 aromatic heterocycles. The van der Waals surface area contributed by atoms with Gasteiger partial charge in [-0.25, -0.2) is 4.79 Å². The Labute approximate surface area is 116 Å². The highest BCUT2D eigenvalue weighted by molar-refractivity contribution is 5.92. The SMILES string of the molecule is Nc1ccc(Oc2ccc3c(c2)CCC3)c(C(=O)O)c1. The normalized spacial score (nSPS) is 13.0. The first-order valence-electron chi connectivity index (χ1n) is 6.56. The highest BCUT2D eigenvalue weighted by Gasteiger charge is 2.15. The second kappa shape index (κ2) is 4.89. The van der Waals surface area contributed by atoms with Crippen molar-refractivity contribution in [2.24, 2.45) is 0 Å². The van der Waals surface area contributed by atoms with Gasteiger partial charge in [0.05, 0.1) is 0 Å². The maximum absolute atomic E-state index is 11.2. The van der Waals surface area contributed by atoms with Crippen molar-refractivity contribution < 1.29 is 14.6 Å². The second-order valence-corrected chi connectivity index (χ2v) is 4.95. The van der Waals surface area contributed by atoms with Crippen LogP contribution in [0.2, 0.25) is 0 Å². The third-order valence-corrected chi connectivity index (χ3v) is 3.53. The molecule has 2 aromatic rings. The van der Waals surface area contributed by atoms with E-state index in [9.17, 15) is 9.90 Å². The van der Waals surface area contributed by atoms with Gasteiger partial charge in [-0.2, -0.15) is 0 Å². The monoisotopic (exact) mass is 269 g/mol. The summed E-state index contributed by atoms with van der Waals surface area (Å²) in [7, 11) is 0. The number of fused-ring (bicyclic) bond motifs is 1. The van der Waals surface area contributed by atoms with Crippen molar-refractivity contribution in [2.45, 2.75) is 19.3 Å². The Morgan fingerprint density at radius 2 is 1.90 bits per heavy atom. The molecule has 0 aliphatic heterocycles. The van der Waals surface area contributed by atoms with Gasteiger partial charge in [0.15, 0.2) is 0 Å². The molecule has 0 heterocycles. The fourth-order valence-electron chi connectivity index (χ4n) is 2.54. The number of nitrogen functional groups attached to an aromatic ring is 1. The van der Waals surface area contributed by atoms with Gasteiger partial charge >= 0.3 is 5.97 Å². The molecule has 0 bridgehead atoms. The molecule has 0 saturated heterocycles. The zero-order valence-electron chi connectivity index (χ0n) is 10.9. The fourth-order valence-corrected chi connectivity index (χ4v) is 2.54. The second-order valence-electron chi connectivity index (χ2n) is 4.95. The lowest BCUT2D eigenvalue weighted by Gasteiger charge is -2.10. The average molecular weight is 269 g/mol. The van der Waals surface area contributed by atoms with Crippen LogP contribution in [0.5, 0.6) is 11.5 Å². The van der Waals surface area contributed by atoms with Gasteiger partial charge in [-0.05, 0) is 60.7 Å². The highest BCUT2D eigenvalue weighted by Crippen LogP contribution is 2.31. The van der Waals surface area contributed by atoms with E-state index in [0.717, 1.165) is 12.8 Å². The molecule has 0 fully saturated rings. The Balaban J connectivity index is 1.93. The molecule has 4 heteroatoms. The Kier molecular flexibility index (Phi) is 3.06. The van der Waals surface area contributed by atoms with Crippen molar-refractivity contribution >= 4 is 11.7 Å². The number of hydrogen-bond acceptors (Lipinski definition) is 3. The van der Waals surface area contributed by atoms with E-state index < -0.39 is 5.97 Å². The molecule has 1 aliphatic rings. The van der Waals surface area contributed by atoms with Crippen molar-refractivity contribution in [3.63, 3.8) is 0 Å². The summed E-state index contributed by atoms with van der Waals surface area (Å²) in [5.74, 6) is -0.0731. The predicted molar refractivity (Wildman–Crippen MR) is 76.4 cm³/mol. The number of benzene rings is 2. The number of anilines is 1. The number of aromatic carboxylic acids is 1. The number of nitrogens with two attached hydrogens (primary N) is 1. The molecule has 0 amide bonds. The first-order valence-corrected chi connectivity index (χ1v) is 6.56. The summed E-state index contributed by atoms with van der Waals surface area (Å²) >= 11 is 0. The Hall–Kier alpha value is -2.49.